The van der Waals surface area contributed by atoms with Gasteiger partial charge in [0.1, 0.15) is 0 Å². The first kappa shape index (κ1) is 12.8. The third-order valence-electron chi connectivity index (χ3n) is 2.88. The quantitative estimate of drug-likeness (QED) is 0.839. The van der Waals surface area contributed by atoms with Crippen molar-refractivity contribution in [3.63, 3.8) is 0 Å². The van der Waals surface area contributed by atoms with E-state index in [0.29, 0.717) is 19.5 Å². The molecule has 1 N–H and O–H groups in total. The van der Waals surface area contributed by atoms with Crippen molar-refractivity contribution in [3.8, 4) is 0 Å². The minimum Gasteiger partial charge on any atom is -0.481 e. The van der Waals surface area contributed by atoms with E-state index in [1.165, 1.54) is 17.4 Å². The van der Waals surface area contributed by atoms with E-state index in [4.69, 9.17) is 5.11 Å². The molecule has 0 bridgehead atoms. The predicted molar refractivity (Wildman–Crippen MR) is 68.2 cm³/mol. The Morgan fingerprint density at radius 2 is 2.39 bits per heavy atom. The van der Waals surface area contributed by atoms with Crippen LogP contribution in [0.1, 0.15) is 17.1 Å². The summed E-state index contributed by atoms with van der Waals surface area (Å²) in [6, 6.07) is 0. The van der Waals surface area contributed by atoms with E-state index in [0.717, 1.165) is 10.7 Å². The fraction of sp³-hybridized carbons (Fsp3) is 0.417. The lowest BCUT2D eigenvalue weighted by molar-refractivity contribution is -0.141. The summed E-state index contributed by atoms with van der Waals surface area (Å²) in [7, 11) is 0. The van der Waals surface area contributed by atoms with Gasteiger partial charge in [-0.3, -0.25) is 9.59 Å². The third-order valence-corrected chi connectivity index (χ3v) is 3.67. The summed E-state index contributed by atoms with van der Waals surface area (Å²) >= 11 is 1.53. The van der Waals surface area contributed by atoms with Gasteiger partial charge >= 0.3 is 5.97 Å². The molecule has 5 nitrogen and oxygen atoms in total. The second-order valence-corrected chi connectivity index (χ2v) is 5.30. The second-order valence-electron chi connectivity index (χ2n) is 4.23. The van der Waals surface area contributed by atoms with Crippen LogP contribution < -0.4 is 0 Å². The normalized spacial score (nSPS) is 19.6. The topological polar surface area (TPSA) is 70.5 Å². The molecular weight excluding hydrogens is 252 g/mol. The first-order valence-corrected chi connectivity index (χ1v) is 6.56. The number of carboxylic acids is 1. The number of aromatic nitrogens is 1. The van der Waals surface area contributed by atoms with Crippen LogP contribution in [-0.4, -0.2) is 40.0 Å². The van der Waals surface area contributed by atoms with Crippen LogP contribution >= 0.6 is 11.3 Å². The highest BCUT2D eigenvalue weighted by Crippen LogP contribution is 2.17. The average Bonchev–Trinajstić information content (AvgIpc) is 2.94. The monoisotopic (exact) mass is 266 g/mol. The largest absolute Gasteiger partial charge is 0.481 e. The molecule has 6 heteroatoms. The lowest BCUT2D eigenvalue weighted by Gasteiger charge is -2.12. The molecule has 1 aromatic heterocycles. The van der Waals surface area contributed by atoms with Crippen molar-refractivity contribution in [3.05, 3.63) is 22.2 Å². The fourth-order valence-corrected chi connectivity index (χ4v) is 2.46. The maximum Gasteiger partial charge on any atom is 0.308 e. The number of aliphatic carboxylic acids is 1. The number of amides is 1. The lowest BCUT2D eigenvalue weighted by Crippen LogP contribution is -2.28. The summed E-state index contributed by atoms with van der Waals surface area (Å²) < 4.78 is 0. The van der Waals surface area contributed by atoms with Crippen LogP contribution in [-0.2, 0) is 9.59 Å². The Hall–Kier alpha value is -1.69. The molecule has 1 aromatic rings. The first-order valence-electron chi connectivity index (χ1n) is 5.68. The molecule has 1 saturated heterocycles. The van der Waals surface area contributed by atoms with Crippen molar-refractivity contribution >= 4 is 29.3 Å². The smallest absolute Gasteiger partial charge is 0.308 e. The van der Waals surface area contributed by atoms with Crippen molar-refractivity contribution in [2.75, 3.05) is 13.1 Å². The maximum absolute atomic E-state index is 11.8. The Morgan fingerprint density at radius 3 is 2.94 bits per heavy atom. The molecule has 0 radical (unpaired) electrons. The van der Waals surface area contributed by atoms with Gasteiger partial charge in [-0.05, 0) is 19.4 Å². The van der Waals surface area contributed by atoms with Crippen molar-refractivity contribution < 1.29 is 14.7 Å². The molecule has 2 rings (SSSR count). The molecule has 0 spiro atoms. The van der Waals surface area contributed by atoms with Gasteiger partial charge in [-0.2, -0.15) is 0 Å². The highest BCUT2D eigenvalue weighted by molar-refractivity contribution is 7.09. The zero-order valence-corrected chi connectivity index (χ0v) is 10.8. The summed E-state index contributed by atoms with van der Waals surface area (Å²) in [4.78, 5) is 28.4. The van der Waals surface area contributed by atoms with Crippen molar-refractivity contribution in [1.82, 2.24) is 9.88 Å². The zero-order valence-electron chi connectivity index (χ0n) is 10.00. The maximum atomic E-state index is 11.8. The van der Waals surface area contributed by atoms with Gasteiger partial charge in [-0.15, -0.1) is 11.3 Å². The Bertz CT molecular complexity index is 495. The van der Waals surface area contributed by atoms with Crippen molar-refractivity contribution in [2.45, 2.75) is 13.3 Å². The summed E-state index contributed by atoms with van der Waals surface area (Å²) in [6.07, 6.45) is 3.66. The molecule has 1 aliphatic rings. The highest BCUT2D eigenvalue weighted by atomic mass is 32.1. The molecular formula is C12H14N2O3S. The molecule has 18 heavy (non-hydrogen) atoms. The summed E-state index contributed by atoms with van der Waals surface area (Å²) in [5.41, 5.74) is 0.764. The number of carbonyl (C=O) groups excluding carboxylic acids is 1. The number of hydrogen-bond donors (Lipinski definition) is 1. The Labute approximate surface area is 109 Å². The number of likely N-dealkylation sites (tertiary alicyclic amines) is 1. The summed E-state index contributed by atoms with van der Waals surface area (Å²) in [5.74, 6) is -1.40. The molecule has 1 fully saturated rings. The van der Waals surface area contributed by atoms with Crippen molar-refractivity contribution in [2.24, 2.45) is 5.92 Å². The van der Waals surface area contributed by atoms with Gasteiger partial charge in [-0.25, -0.2) is 4.98 Å². The molecule has 0 aliphatic carbocycles. The molecule has 0 saturated carbocycles. The lowest BCUT2D eigenvalue weighted by atomic mass is 10.1. The van der Waals surface area contributed by atoms with Gasteiger partial charge in [0.05, 0.1) is 16.6 Å². The molecule has 1 amide bonds. The van der Waals surface area contributed by atoms with E-state index >= 15 is 0 Å². The molecule has 1 unspecified atom stereocenters. The molecule has 96 valence electrons. The van der Waals surface area contributed by atoms with Crippen LogP contribution in [0.2, 0.25) is 0 Å². The highest BCUT2D eigenvalue weighted by Gasteiger charge is 2.29. The Balaban J connectivity index is 1.93. The summed E-state index contributed by atoms with van der Waals surface area (Å²) in [5, 5.41) is 11.7. The van der Waals surface area contributed by atoms with Crippen LogP contribution in [0.15, 0.2) is 11.5 Å². The van der Waals surface area contributed by atoms with Gasteiger partial charge < -0.3 is 10.0 Å². The van der Waals surface area contributed by atoms with Gasteiger partial charge in [0, 0.05) is 24.5 Å². The van der Waals surface area contributed by atoms with E-state index in [1.807, 2.05) is 12.3 Å². The minimum absolute atomic E-state index is 0.149. The van der Waals surface area contributed by atoms with Crippen LogP contribution in [0.4, 0.5) is 0 Å². The SMILES string of the molecule is Cc1nc(C=CC(=O)N2CCC(C(=O)O)C2)cs1. The predicted octanol–water partition coefficient (Wildman–Crippen LogP) is 1.40. The number of aryl methyl sites for hydroxylation is 1. The molecule has 1 atom stereocenters. The van der Waals surface area contributed by atoms with Crippen LogP contribution in [0.3, 0.4) is 0 Å². The number of carboxylic acid groups (broad SMARTS) is 1. The molecule has 0 aromatic carbocycles. The van der Waals surface area contributed by atoms with Gasteiger partial charge in [0.2, 0.25) is 5.91 Å². The van der Waals surface area contributed by atoms with Crippen LogP contribution in [0, 0.1) is 12.8 Å². The number of hydrogen-bond acceptors (Lipinski definition) is 4. The number of rotatable bonds is 3. The van der Waals surface area contributed by atoms with E-state index in [-0.39, 0.29) is 5.91 Å². The Kier molecular flexibility index (Phi) is 3.76. The van der Waals surface area contributed by atoms with E-state index in [1.54, 1.807) is 11.0 Å². The number of thiazole rings is 1. The van der Waals surface area contributed by atoms with Gasteiger partial charge in [0.25, 0.3) is 0 Å². The van der Waals surface area contributed by atoms with Crippen molar-refractivity contribution in [1.29, 1.82) is 0 Å². The van der Waals surface area contributed by atoms with Gasteiger partial charge in [0.15, 0.2) is 0 Å². The van der Waals surface area contributed by atoms with Crippen LogP contribution in [0.5, 0.6) is 0 Å². The van der Waals surface area contributed by atoms with Crippen LogP contribution in [0.25, 0.3) is 6.08 Å². The first-order chi connectivity index (χ1) is 8.56. The standard InChI is InChI=1S/C12H14N2O3S/c1-8-13-10(7-18-8)2-3-11(15)14-5-4-9(6-14)12(16)17/h2-3,7,9H,4-6H2,1H3,(H,16,17). The minimum atomic E-state index is -0.829. The Morgan fingerprint density at radius 1 is 1.61 bits per heavy atom. The molecule has 1 aliphatic heterocycles. The number of carbonyl (C=O) groups is 2. The van der Waals surface area contributed by atoms with E-state index in [9.17, 15) is 9.59 Å². The second kappa shape index (κ2) is 5.30. The summed E-state index contributed by atoms with van der Waals surface area (Å²) in [6.45, 7) is 2.71. The molecule has 2 heterocycles. The van der Waals surface area contributed by atoms with Gasteiger partial charge in [-0.1, -0.05) is 0 Å². The third kappa shape index (κ3) is 2.95. The zero-order chi connectivity index (χ0) is 13.1. The number of nitrogens with zero attached hydrogens (tertiary/aromatic N) is 2. The average molecular weight is 266 g/mol. The van der Waals surface area contributed by atoms with E-state index < -0.39 is 11.9 Å². The fourth-order valence-electron chi connectivity index (χ4n) is 1.88. The van der Waals surface area contributed by atoms with E-state index in [2.05, 4.69) is 4.98 Å².